The van der Waals surface area contributed by atoms with Gasteiger partial charge in [-0.3, -0.25) is 9.59 Å². The Morgan fingerprint density at radius 2 is 1.46 bits per heavy atom. The van der Waals surface area contributed by atoms with Gasteiger partial charge in [0.15, 0.2) is 0 Å². The molecule has 4 nitrogen and oxygen atoms in total. The molecule has 0 saturated carbocycles. The molecular weight excluding hydrogens is 300 g/mol. The van der Waals surface area contributed by atoms with Crippen molar-refractivity contribution in [3.63, 3.8) is 0 Å². The van der Waals surface area contributed by atoms with Gasteiger partial charge in [-0.2, -0.15) is 0 Å². The highest BCUT2D eigenvalue weighted by Gasteiger charge is 2.38. The van der Waals surface area contributed by atoms with Crippen LogP contribution >= 0.6 is 0 Å². The van der Waals surface area contributed by atoms with E-state index in [4.69, 9.17) is 0 Å². The highest BCUT2D eigenvalue weighted by molar-refractivity contribution is 5.78. The molecule has 0 aromatic rings. The van der Waals surface area contributed by atoms with Gasteiger partial charge in [-0.15, -0.1) is 0 Å². The Morgan fingerprint density at radius 3 is 2.04 bits per heavy atom. The van der Waals surface area contributed by atoms with Crippen LogP contribution in [-0.2, 0) is 9.59 Å². The molecule has 0 unspecified atom stereocenters. The average molecular weight is 337 g/mol. The van der Waals surface area contributed by atoms with Crippen LogP contribution in [0.25, 0.3) is 0 Å². The number of hydrogen-bond acceptors (Lipinski definition) is 3. The van der Waals surface area contributed by atoms with Gasteiger partial charge in [0.05, 0.1) is 0 Å². The molecule has 0 aliphatic carbocycles. The SMILES string of the molecule is CCCN1CCC2(CC1)CCN(C(=O)CCCCC(=O)CC)CC2. The zero-order valence-corrected chi connectivity index (χ0v) is 15.8. The lowest BCUT2D eigenvalue weighted by Crippen LogP contribution is -2.48. The lowest BCUT2D eigenvalue weighted by atomic mass is 9.71. The van der Waals surface area contributed by atoms with E-state index in [0.717, 1.165) is 25.9 Å². The normalized spacial score (nSPS) is 21.2. The van der Waals surface area contributed by atoms with Gasteiger partial charge in [0.1, 0.15) is 5.78 Å². The summed E-state index contributed by atoms with van der Waals surface area (Å²) in [6, 6.07) is 0. The van der Waals surface area contributed by atoms with Gasteiger partial charge in [-0.25, -0.2) is 0 Å². The second kappa shape index (κ2) is 9.55. The van der Waals surface area contributed by atoms with Crippen LogP contribution in [0.2, 0.25) is 0 Å². The van der Waals surface area contributed by atoms with E-state index in [9.17, 15) is 9.59 Å². The predicted octanol–water partition coefficient (Wildman–Crippen LogP) is 3.64. The van der Waals surface area contributed by atoms with Crippen molar-refractivity contribution in [1.29, 1.82) is 0 Å². The van der Waals surface area contributed by atoms with Gasteiger partial charge >= 0.3 is 0 Å². The quantitative estimate of drug-likeness (QED) is 0.635. The minimum atomic E-state index is 0.303. The van der Waals surface area contributed by atoms with E-state index in [1.54, 1.807) is 0 Å². The molecule has 2 aliphatic heterocycles. The first-order valence-corrected chi connectivity index (χ1v) is 10.1. The maximum Gasteiger partial charge on any atom is 0.222 e. The van der Waals surface area contributed by atoms with Gasteiger partial charge in [0.2, 0.25) is 5.91 Å². The van der Waals surface area contributed by atoms with Gasteiger partial charge < -0.3 is 9.80 Å². The molecular formula is C20H36N2O2. The number of rotatable bonds is 8. The van der Waals surface area contributed by atoms with E-state index in [-0.39, 0.29) is 0 Å². The van der Waals surface area contributed by atoms with Crippen molar-refractivity contribution in [2.24, 2.45) is 5.41 Å². The molecule has 0 N–H and O–H groups in total. The predicted molar refractivity (Wildman–Crippen MR) is 98.0 cm³/mol. The Labute approximate surface area is 148 Å². The fourth-order valence-electron chi connectivity index (χ4n) is 4.23. The van der Waals surface area contributed by atoms with E-state index in [1.807, 2.05) is 6.92 Å². The number of unbranched alkanes of at least 4 members (excludes halogenated alkanes) is 1. The van der Waals surface area contributed by atoms with E-state index < -0.39 is 0 Å². The minimum absolute atomic E-state index is 0.303. The Bertz CT molecular complexity index is 404. The van der Waals surface area contributed by atoms with Crippen molar-refractivity contribution >= 4 is 11.7 Å². The van der Waals surface area contributed by atoms with Crippen LogP contribution in [0.4, 0.5) is 0 Å². The summed E-state index contributed by atoms with van der Waals surface area (Å²) in [5, 5.41) is 0. The van der Waals surface area contributed by atoms with Gasteiger partial charge in [0, 0.05) is 32.4 Å². The van der Waals surface area contributed by atoms with Crippen LogP contribution in [0.3, 0.4) is 0 Å². The highest BCUT2D eigenvalue weighted by atomic mass is 16.2. The Morgan fingerprint density at radius 1 is 0.875 bits per heavy atom. The summed E-state index contributed by atoms with van der Waals surface area (Å²) in [6.45, 7) is 9.78. The topological polar surface area (TPSA) is 40.6 Å². The van der Waals surface area contributed by atoms with Crippen LogP contribution in [-0.4, -0.2) is 54.2 Å². The molecule has 0 aromatic heterocycles. The molecule has 2 fully saturated rings. The molecule has 0 aromatic carbocycles. The number of carbonyl (C=O) groups excluding carboxylic acids is 2. The maximum atomic E-state index is 12.4. The van der Waals surface area contributed by atoms with Crippen molar-refractivity contribution in [2.75, 3.05) is 32.7 Å². The van der Waals surface area contributed by atoms with E-state index in [2.05, 4.69) is 16.7 Å². The first-order valence-electron chi connectivity index (χ1n) is 10.1. The Hall–Kier alpha value is -0.900. The summed E-state index contributed by atoms with van der Waals surface area (Å²) < 4.78 is 0. The summed E-state index contributed by atoms with van der Waals surface area (Å²) in [6.07, 6.45) is 9.86. The molecule has 2 saturated heterocycles. The monoisotopic (exact) mass is 336 g/mol. The van der Waals surface area contributed by atoms with Crippen molar-refractivity contribution < 1.29 is 9.59 Å². The number of ketones is 1. The van der Waals surface area contributed by atoms with Crippen molar-refractivity contribution in [3.8, 4) is 0 Å². The summed E-state index contributed by atoms with van der Waals surface area (Å²) in [5.74, 6) is 0.619. The number of Topliss-reactive ketones (excluding diaryl/α,β-unsaturated/α-hetero) is 1. The highest BCUT2D eigenvalue weighted by Crippen LogP contribution is 2.41. The second-order valence-electron chi connectivity index (χ2n) is 7.82. The first kappa shape index (κ1) is 19.4. The van der Waals surface area contributed by atoms with Crippen LogP contribution in [0.5, 0.6) is 0 Å². The number of likely N-dealkylation sites (tertiary alicyclic amines) is 2. The molecule has 1 amide bonds. The zero-order valence-electron chi connectivity index (χ0n) is 15.8. The fraction of sp³-hybridized carbons (Fsp3) is 0.900. The largest absolute Gasteiger partial charge is 0.343 e. The van der Waals surface area contributed by atoms with E-state index in [0.29, 0.717) is 36.4 Å². The number of hydrogen-bond donors (Lipinski definition) is 0. The van der Waals surface area contributed by atoms with Crippen molar-refractivity contribution in [3.05, 3.63) is 0 Å². The van der Waals surface area contributed by atoms with Gasteiger partial charge in [0.25, 0.3) is 0 Å². The number of piperidine rings is 2. The molecule has 4 heteroatoms. The number of amides is 1. The third-order valence-corrected chi connectivity index (χ3v) is 6.12. The molecule has 24 heavy (non-hydrogen) atoms. The lowest BCUT2D eigenvalue weighted by molar-refractivity contribution is -0.134. The molecule has 0 radical (unpaired) electrons. The molecule has 2 heterocycles. The van der Waals surface area contributed by atoms with E-state index >= 15 is 0 Å². The third-order valence-electron chi connectivity index (χ3n) is 6.12. The third kappa shape index (κ3) is 5.58. The molecule has 0 bridgehead atoms. The summed E-state index contributed by atoms with van der Waals surface area (Å²) in [7, 11) is 0. The maximum absolute atomic E-state index is 12.4. The molecule has 2 rings (SSSR count). The molecule has 138 valence electrons. The molecule has 1 spiro atoms. The first-order chi connectivity index (χ1) is 11.6. The Kier molecular flexibility index (Phi) is 7.73. The van der Waals surface area contributed by atoms with Crippen LogP contribution in [0.1, 0.15) is 78.1 Å². The summed E-state index contributed by atoms with van der Waals surface area (Å²) in [4.78, 5) is 28.3. The summed E-state index contributed by atoms with van der Waals surface area (Å²) in [5.41, 5.74) is 0.508. The lowest BCUT2D eigenvalue weighted by Gasteiger charge is -2.47. The van der Waals surface area contributed by atoms with Gasteiger partial charge in [-0.05, 0) is 70.0 Å². The second-order valence-corrected chi connectivity index (χ2v) is 7.82. The number of nitrogens with zero attached hydrogens (tertiary/aromatic N) is 2. The fourth-order valence-corrected chi connectivity index (χ4v) is 4.23. The van der Waals surface area contributed by atoms with E-state index in [1.165, 1.54) is 51.7 Å². The van der Waals surface area contributed by atoms with Gasteiger partial charge in [-0.1, -0.05) is 13.8 Å². The smallest absolute Gasteiger partial charge is 0.222 e. The standard InChI is InChI=1S/C20H36N2O2/c1-3-13-21-14-9-20(10-15-21)11-16-22(17-12-20)19(24)8-6-5-7-18(23)4-2/h3-17H2,1-2H3. The average Bonchev–Trinajstić information content (AvgIpc) is 2.61. The van der Waals surface area contributed by atoms with Crippen LogP contribution < -0.4 is 0 Å². The minimum Gasteiger partial charge on any atom is -0.343 e. The summed E-state index contributed by atoms with van der Waals surface area (Å²) >= 11 is 0. The Balaban J connectivity index is 1.65. The van der Waals surface area contributed by atoms with Crippen molar-refractivity contribution in [1.82, 2.24) is 9.80 Å². The van der Waals surface area contributed by atoms with Crippen molar-refractivity contribution in [2.45, 2.75) is 78.1 Å². The zero-order chi connectivity index (χ0) is 17.4. The number of carbonyl (C=O) groups is 2. The molecule has 0 atom stereocenters. The van der Waals surface area contributed by atoms with Crippen LogP contribution in [0, 0.1) is 5.41 Å². The molecule has 2 aliphatic rings. The van der Waals surface area contributed by atoms with Crippen LogP contribution in [0.15, 0.2) is 0 Å².